The lowest BCUT2D eigenvalue weighted by molar-refractivity contribution is -0.137. The molecule has 2 atom stereocenters. The molecule has 2 aromatic rings. The van der Waals surface area contributed by atoms with Crippen molar-refractivity contribution < 1.29 is 19.4 Å². The molecular weight excluding hydrogens is 344 g/mol. The summed E-state index contributed by atoms with van der Waals surface area (Å²) in [5.74, 6) is -1.32. The zero-order valence-corrected chi connectivity index (χ0v) is 14.4. The van der Waals surface area contributed by atoms with Gasteiger partial charge in [-0.25, -0.2) is 4.68 Å². The molecule has 0 spiro atoms. The molecule has 3 heterocycles. The third-order valence-electron chi connectivity index (χ3n) is 4.01. The Bertz CT molecular complexity index is 710. The number of rotatable bonds is 8. The Hall–Kier alpha value is -2.26. The van der Waals surface area contributed by atoms with E-state index in [1.165, 1.54) is 0 Å². The predicted molar refractivity (Wildman–Crippen MR) is 90.3 cm³/mol. The van der Waals surface area contributed by atoms with E-state index in [1.54, 1.807) is 22.2 Å². The van der Waals surface area contributed by atoms with E-state index >= 15 is 0 Å². The molecule has 25 heavy (non-hydrogen) atoms. The summed E-state index contributed by atoms with van der Waals surface area (Å²) in [6.07, 6.45) is 2.63. The lowest BCUT2D eigenvalue weighted by atomic mass is 10.0. The zero-order chi connectivity index (χ0) is 17.6. The first kappa shape index (κ1) is 17.6. The van der Waals surface area contributed by atoms with Crippen molar-refractivity contribution in [3.63, 3.8) is 0 Å². The van der Waals surface area contributed by atoms with Crippen LogP contribution in [0.4, 0.5) is 0 Å². The van der Waals surface area contributed by atoms with Crippen LogP contribution in [-0.2, 0) is 27.3 Å². The highest BCUT2D eigenvalue weighted by Gasteiger charge is 2.26. The monoisotopic (exact) mass is 364 g/mol. The molecule has 1 saturated heterocycles. The number of carbonyl (C=O) groups excluding carboxylic acids is 1. The smallest absolute Gasteiger partial charge is 0.305 e. The van der Waals surface area contributed by atoms with Crippen LogP contribution < -0.4 is 5.32 Å². The minimum absolute atomic E-state index is 0.156. The summed E-state index contributed by atoms with van der Waals surface area (Å²) in [6.45, 7) is 1.58. The van der Waals surface area contributed by atoms with Gasteiger partial charge in [-0.3, -0.25) is 9.59 Å². The minimum Gasteiger partial charge on any atom is -0.481 e. The second-order valence-electron chi connectivity index (χ2n) is 6.05. The molecule has 1 aliphatic rings. The number of hydrogen-bond donors (Lipinski definition) is 2. The third-order valence-corrected chi connectivity index (χ3v) is 4.87. The van der Waals surface area contributed by atoms with E-state index < -0.39 is 12.0 Å². The van der Waals surface area contributed by atoms with Gasteiger partial charge in [-0.05, 0) is 17.9 Å². The highest BCUT2D eigenvalue weighted by Crippen LogP contribution is 2.14. The number of thiophene rings is 1. The Balaban J connectivity index is 1.60. The average molecular weight is 364 g/mol. The number of aliphatic carboxylic acids is 1. The fourth-order valence-corrected chi connectivity index (χ4v) is 3.47. The van der Waals surface area contributed by atoms with E-state index in [4.69, 9.17) is 9.84 Å². The molecule has 0 aromatic carbocycles. The molecule has 8 nitrogen and oxygen atoms in total. The van der Waals surface area contributed by atoms with Gasteiger partial charge in [-0.2, -0.15) is 0 Å². The van der Waals surface area contributed by atoms with Crippen LogP contribution in [0.2, 0.25) is 0 Å². The van der Waals surface area contributed by atoms with Gasteiger partial charge in [0.05, 0.1) is 31.2 Å². The summed E-state index contributed by atoms with van der Waals surface area (Å²) in [7, 11) is 0. The Morgan fingerprint density at radius 3 is 3.08 bits per heavy atom. The maximum atomic E-state index is 12.2. The summed E-state index contributed by atoms with van der Waals surface area (Å²) in [4.78, 5) is 24.5. The molecule has 2 unspecified atom stereocenters. The molecule has 0 aliphatic carbocycles. The second-order valence-corrected chi connectivity index (χ2v) is 7.09. The number of carboxylic acids is 1. The third kappa shape index (κ3) is 5.10. The molecule has 1 aliphatic heterocycles. The number of aromatic nitrogens is 3. The first-order chi connectivity index (χ1) is 12.1. The van der Waals surface area contributed by atoms with Crippen LogP contribution in [0.25, 0.3) is 0 Å². The van der Waals surface area contributed by atoms with Gasteiger partial charge >= 0.3 is 5.97 Å². The summed E-state index contributed by atoms with van der Waals surface area (Å²) in [6, 6.07) is 3.48. The standard InChI is InChI=1S/C16H20N4O4S/c21-15(22)7-12(17-16(23)11-3-4-24-10-11)6-13-8-20(19-18-13)9-14-2-1-5-25-14/h1-2,5,8,11-12H,3-4,6-7,9-10H2,(H,17,23)(H,21,22). The molecular formula is C16H20N4O4S. The summed E-state index contributed by atoms with van der Waals surface area (Å²) >= 11 is 1.64. The summed E-state index contributed by atoms with van der Waals surface area (Å²) in [5, 5.41) is 22.1. The van der Waals surface area contributed by atoms with Crippen LogP contribution in [0.1, 0.15) is 23.4 Å². The van der Waals surface area contributed by atoms with Gasteiger partial charge in [-0.1, -0.05) is 11.3 Å². The van der Waals surface area contributed by atoms with Crippen molar-refractivity contribution in [3.05, 3.63) is 34.3 Å². The quantitative estimate of drug-likeness (QED) is 0.722. The van der Waals surface area contributed by atoms with E-state index in [0.717, 1.165) is 4.88 Å². The molecule has 0 radical (unpaired) electrons. The van der Waals surface area contributed by atoms with Gasteiger partial charge in [-0.15, -0.1) is 16.4 Å². The molecule has 0 bridgehead atoms. The van der Waals surface area contributed by atoms with Crippen LogP contribution in [0.3, 0.4) is 0 Å². The maximum Gasteiger partial charge on any atom is 0.305 e. The molecule has 3 rings (SSSR count). The Morgan fingerprint density at radius 2 is 2.40 bits per heavy atom. The van der Waals surface area contributed by atoms with Crippen molar-refractivity contribution in [3.8, 4) is 0 Å². The topological polar surface area (TPSA) is 106 Å². The maximum absolute atomic E-state index is 12.2. The number of hydrogen-bond acceptors (Lipinski definition) is 6. The van der Waals surface area contributed by atoms with Gasteiger partial charge in [0.15, 0.2) is 0 Å². The highest BCUT2D eigenvalue weighted by atomic mass is 32.1. The van der Waals surface area contributed by atoms with Crippen LogP contribution in [-0.4, -0.2) is 51.2 Å². The first-order valence-corrected chi connectivity index (χ1v) is 8.99. The Kier molecular flexibility index (Phi) is 5.77. The van der Waals surface area contributed by atoms with Gasteiger partial charge < -0.3 is 15.2 Å². The van der Waals surface area contributed by atoms with Crippen LogP contribution >= 0.6 is 11.3 Å². The summed E-state index contributed by atoms with van der Waals surface area (Å²) in [5.41, 5.74) is 0.658. The molecule has 1 fully saturated rings. The number of carbonyl (C=O) groups is 2. The van der Waals surface area contributed by atoms with Crippen LogP contribution in [0, 0.1) is 5.92 Å². The van der Waals surface area contributed by atoms with E-state index in [9.17, 15) is 9.59 Å². The molecule has 1 amide bonds. The molecule has 9 heteroatoms. The van der Waals surface area contributed by atoms with Crippen molar-refractivity contribution in [2.75, 3.05) is 13.2 Å². The second kappa shape index (κ2) is 8.21. The zero-order valence-electron chi connectivity index (χ0n) is 13.6. The Labute approximate surface area is 148 Å². The van der Waals surface area contributed by atoms with Crippen molar-refractivity contribution in [2.45, 2.75) is 31.8 Å². The Morgan fingerprint density at radius 1 is 1.52 bits per heavy atom. The van der Waals surface area contributed by atoms with Gasteiger partial charge in [0.1, 0.15) is 0 Å². The van der Waals surface area contributed by atoms with E-state index in [1.807, 2.05) is 17.5 Å². The van der Waals surface area contributed by atoms with Crippen LogP contribution in [0.15, 0.2) is 23.7 Å². The van der Waals surface area contributed by atoms with Crippen molar-refractivity contribution in [1.82, 2.24) is 20.3 Å². The van der Waals surface area contributed by atoms with Gasteiger partial charge in [0, 0.05) is 30.1 Å². The lowest BCUT2D eigenvalue weighted by Crippen LogP contribution is -2.41. The first-order valence-electron chi connectivity index (χ1n) is 8.11. The predicted octanol–water partition coefficient (Wildman–Crippen LogP) is 0.926. The van der Waals surface area contributed by atoms with E-state index in [2.05, 4.69) is 15.6 Å². The molecule has 134 valence electrons. The average Bonchev–Trinajstić information content (AvgIpc) is 3.28. The number of ether oxygens (including phenoxy) is 1. The fraction of sp³-hybridized carbons (Fsp3) is 0.500. The minimum atomic E-state index is -0.959. The van der Waals surface area contributed by atoms with E-state index in [0.29, 0.717) is 38.3 Å². The molecule has 0 saturated carbocycles. The number of nitrogens with zero attached hydrogens (tertiary/aromatic N) is 3. The SMILES string of the molecule is O=C(O)CC(Cc1cn(Cc2cccs2)nn1)NC(=O)C1CCOC1. The fourth-order valence-electron chi connectivity index (χ4n) is 2.77. The molecule has 2 aromatic heterocycles. The molecule has 2 N–H and O–H groups in total. The van der Waals surface area contributed by atoms with Gasteiger partial charge in [0.25, 0.3) is 0 Å². The largest absolute Gasteiger partial charge is 0.481 e. The lowest BCUT2D eigenvalue weighted by Gasteiger charge is -2.18. The highest BCUT2D eigenvalue weighted by molar-refractivity contribution is 7.09. The number of carboxylic acid groups (broad SMARTS) is 1. The van der Waals surface area contributed by atoms with Crippen molar-refractivity contribution >= 4 is 23.2 Å². The van der Waals surface area contributed by atoms with Crippen molar-refractivity contribution in [2.24, 2.45) is 5.92 Å². The normalized spacial score (nSPS) is 18.2. The number of amides is 1. The van der Waals surface area contributed by atoms with Gasteiger partial charge in [0.2, 0.25) is 5.91 Å². The summed E-state index contributed by atoms with van der Waals surface area (Å²) < 4.78 is 6.92. The van der Waals surface area contributed by atoms with E-state index in [-0.39, 0.29) is 18.2 Å². The number of nitrogens with one attached hydrogen (secondary N) is 1. The van der Waals surface area contributed by atoms with Crippen LogP contribution in [0.5, 0.6) is 0 Å². The van der Waals surface area contributed by atoms with Crippen molar-refractivity contribution in [1.29, 1.82) is 0 Å².